The van der Waals surface area contributed by atoms with Gasteiger partial charge in [-0.2, -0.15) is 4.99 Å². The summed E-state index contributed by atoms with van der Waals surface area (Å²) in [6.45, 7) is -0.315. The van der Waals surface area contributed by atoms with E-state index in [-0.39, 0.29) is 17.7 Å². The van der Waals surface area contributed by atoms with Gasteiger partial charge in [-0.1, -0.05) is 12.1 Å². The Balaban J connectivity index is 2.41. The molecule has 2 amide bonds. The van der Waals surface area contributed by atoms with Crippen molar-refractivity contribution in [1.29, 1.82) is 0 Å². The normalized spacial score (nSPS) is 14.4. The van der Waals surface area contributed by atoms with Crippen molar-refractivity contribution in [1.82, 2.24) is 4.90 Å². The van der Waals surface area contributed by atoms with Crippen LogP contribution >= 0.6 is 0 Å². The zero-order valence-corrected chi connectivity index (χ0v) is 9.57. The first-order chi connectivity index (χ1) is 9.20. The number of benzene rings is 1. The summed E-state index contributed by atoms with van der Waals surface area (Å²) in [5.74, 6) is -1.16. The summed E-state index contributed by atoms with van der Waals surface area (Å²) in [6, 6.07) is 6.24. The fourth-order valence-electron chi connectivity index (χ4n) is 1.84. The smallest absolute Gasteiger partial charge is 0.263 e. The Hall–Kier alpha value is -2.88. The van der Waals surface area contributed by atoms with Crippen LogP contribution in [0.3, 0.4) is 0 Å². The molecular formula is C12H7N3O4. The highest BCUT2D eigenvalue weighted by molar-refractivity contribution is 6.21. The Kier molecular flexibility index (Phi) is 3.43. The van der Waals surface area contributed by atoms with E-state index in [1.165, 1.54) is 24.3 Å². The minimum absolute atomic E-state index is 0.230. The highest BCUT2D eigenvalue weighted by Crippen LogP contribution is 2.24. The molecule has 0 radical (unpaired) electrons. The van der Waals surface area contributed by atoms with Crippen molar-refractivity contribution in [3.8, 4) is 0 Å². The maximum absolute atomic E-state index is 12.1. The number of hydrogen-bond acceptors (Lipinski definition) is 6. The van der Waals surface area contributed by atoms with Gasteiger partial charge < -0.3 is 0 Å². The van der Waals surface area contributed by atoms with Crippen molar-refractivity contribution in [2.45, 2.75) is 6.17 Å². The zero-order chi connectivity index (χ0) is 13.8. The van der Waals surface area contributed by atoms with Gasteiger partial charge in [0, 0.05) is 0 Å². The van der Waals surface area contributed by atoms with Gasteiger partial charge >= 0.3 is 0 Å². The lowest BCUT2D eigenvalue weighted by Gasteiger charge is -2.18. The van der Waals surface area contributed by atoms with Crippen molar-refractivity contribution in [2.24, 2.45) is 9.98 Å². The molecule has 0 aliphatic carbocycles. The fourth-order valence-corrected chi connectivity index (χ4v) is 1.84. The number of nitrogens with zero attached hydrogens (tertiary/aromatic N) is 3. The van der Waals surface area contributed by atoms with Crippen LogP contribution in [0.1, 0.15) is 20.7 Å². The van der Waals surface area contributed by atoms with Crippen molar-refractivity contribution in [2.75, 3.05) is 6.54 Å². The second kappa shape index (κ2) is 5.18. The maximum atomic E-state index is 12.1. The SMILES string of the molecule is O=C=NCC(N=C=O)N1C(=O)c2ccccc2C1=O. The molecule has 1 aliphatic rings. The van der Waals surface area contributed by atoms with Gasteiger partial charge in [0.1, 0.15) is 0 Å². The van der Waals surface area contributed by atoms with Crippen molar-refractivity contribution in [3.63, 3.8) is 0 Å². The molecule has 0 fully saturated rings. The molecule has 1 aliphatic heterocycles. The van der Waals surface area contributed by atoms with E-state index in [2.05, 4.69) is 9.98 Å². The molecule has 1 aromatic carbocycles. The summed E-state index contributed by atoms with van der Waals surface area (Å²) in [5.41, 5.74) is 0.461. The summed E-state index contributed by atoms with van der Waals surface area (Å²) in [7, 11) is 0. The van der Waals surface area contributed by atoms with E-state index < -0.39 is 18.0 Å². The molecule has 7 nitrogen and oxygen atoms in total. The largest absolute Gasteiger partial charge is 0.268 e. The maximum Gasteiger partial charge on any atom is 0.263 e. The molecule has 94 valence electrons. The molecule has 0 bridgehead atoms. The second-order valence-electron chi connectivity index (χ2n) is 3.66. The fraction of sp³-hybridized carbons (Fsp3) is 0.167. The van der Waals surface area contributed by atoms with Crippen LogP contribution in [0.4, 0.5) is 0 Å². The van der Waals surface area contributed by atoms with Crippen LogP contribution in [0.25, 0.3) is 0 Å². The molecule has 0 aromatic heterocycles. The molecule has 1 aromatic rings. The first kappa shape index (κ1) is 12.6. The minimum atomic E-state index is -1.17. The van der Waals surface area contributed by atoms with Gasteiger partial charge in [-0.05, 0) is 12.1 Å². The Morgan fingerprint density at radius 3 is 2.11 bits per heavy atom. The van der Waals surface area contributed by atoms with E-state index >= 15 is 0 Å². The van der Waals surface area contributed by atoms with E-state index in [0.29, 0.717) is 0 Å². The molecule has 19 heavy (non-hydrogen) atoms. The number of carbonyl (C=O) groups is 2. The van der Waals surface area contributed by atoms with E-state index in [1.54, 1.807) is 12.1 Å². The highest BCUT2D eigenvalue weighted by Gasteiger charge is 2.39. The average Bonchev–Trinajstić information content (AvgIpc) is 2.68. The van der Waals surface area contributed by atoms with Crippen molar-refractivity contribution in [3.05, 3.63) is 35.4 Å². The molecule has 1 atom stereocenters. The predicted molar refractivity (Wildman–Crippen MR) is 61.8 cm³/mol. The molecule has 1 heterocycles. The standard InChI is InChI=1S/C12H7N3O4/c16-6-13-5-10(14-7-17)15-11(18)8-3-1-2-4-9(8)12(15)19/h1-4,10H,5H2. The topological polar surface area (TPSA) is 96.2 Å². The zero-order valence-electron chi connectivity index (χ0n) is 9.57. The minimum Gasteiger partial charge on any atom is -0.268 e. The summed E-state index contributed by atoms with van der Waals surface area (Å²) < 4.78 is 0. The van der Waals surface area contributed by atoms with Gasteiger partial charge in [-0.3, -0.25) is 9.59 Å². The average molecular weight is 257 g/mol. The molecule has 0 saturated carbocycles. The monoisotopic (exact) mass is 257 g/mol. The van der Waals surface area contributed by atoms with E-state index in [1.807, 2.05) is 0 Å². The summed E-state index contributed by atoms with van der Waals surface area (Å²) in [4.78, 5) is 51.9. The van der Waals surface area contributed by atoms with Crippen LogP contribution in [0.2, 0.25) is 0 Å². The van der Waals surface area contributed by atoms with Crippen LogP contribution in [0.15, 0.2) is 34.3 Å². The Bertz CT molecular complexity index is 607. The summed E-state index contributed by atoms with van der Waals surface area (Å²) in [6.07, 6.45) is 1.35. The number of isocyanates is 2. The number of fused-ring (bicyclic) bond motifs is 1. The second-order valence-corrected chi connectivity index (χ2v) is 3.66. The molecular weight excluding hydrogens is 250 g/mol. The number of aliphatic imine (C=N–C) groups is 2. The van der Waals surface area contributed by atoms with Crippen LogP contribution in [-0.2, 0) is 9.59 Å². The van der Waals surface area contributed by atoms with Crippen molar-refractivity contribution < 1.29 is 19.2 Å². The summed E-state index contributed by atoms with van der Waals surface area (Å²) in [5, 5.41) is 0. The Morgan fingerprint density at radius 1 is 1.05 bits per heavy atom. The van der Waals surface area contributed by atoms with E-state index in [4.69, 9.17) is 0 Å². The van der Waals surface area contributed by atoms with Gasteiger partial charge in [-0.25, -0.2) is 19.5 Å². The lowest BCUT2D eigenvalue weighted by atomic mass is 10.1. The van der Waals surface area contributed by atoms with Gasteiger partial charge in [0.25, 0.3) is 11.8 Å². The molecule has 0 spiro atoms. The third-order valence-corrected chi connectivity index (χ3v) is 2.64. The van der Waals surface area contributed by atoms with Gasteiger partial charge in [0.05, 0.1) is 17.7 Å². The van der Waals surface area contributed by atoms with Gasteiger partial charge in [0.2, 0.25) is 12.2 Å². The van der Waals surface area contributed by atoms with E-state index in [0.717, 1.165) is 4.90 Å². The number of carbonyl (C=O) groups excluding carboxylic acids is 4. The lowest BCUT2D eigenvalue weighted by molar-refractivity contribution is 0.0596. The predicted octanol–water partition coefficient (Wildman–Crippen LogP) is 0.280. The Morgan fingerprint density at radius 2 is 1.63 bits per heavy atom. The molecule has 7 heteroatoms. The number of imide groups is 1. The third kappa shape index (κ3) is 2.11. The Labute approximate surface area is 107 Å². The van der Waals surface area contributed by atoms with Crippen molar-refractivity contribution >= 4 is 24.0 Å². The molecule has 1 unspecified atom stereocenters. The van der Waals surface area contributed by atoms with Gasteiger partial charge in [-0.15, -0.1) is 0 Å². The third-order valence-electron chi connectivity index (χ3n) is 2.64. The molecule has 0 N–H and O–H groups in total. The van der Waals surface area contributed by atoms with Crippen LogP contribution < -0.4 is 0 Å². The van der Waals surface area contributed by atoms with Crippen LogP contribution in [-0.4, -0.2) is 41.6 Å². The molecule has 0 saturated heterocycles. The lowest BCUT2D eigenvalue weighted by Crippen LogP contribution is -2.40. The number of hydrogen-bond donors (Lipinski definition) is 0. The molecule has 2 rings (SSSR count). The number of rotatable bonds is 4. The first-order valence-electron chi connectivity index (χ1n) is 5.28. The van der Waals surface area contributed by atoms with E-state index in [9.17, 15) is 19.2 Å². The number of amides is 2. The first-order valence-corrected chi connectivity index (χ1v) is 5.28. The van der Waals surface area contributed by atoms with Crippen LogP contribution in [0, 0.1) is 0 Å². The van der Waals surface area contributed by atoms with Gasteiger partial charge in [0.15, 0.2) is 6.17 Å². The highest BCUT2D eigenvalue weighted by atomic mass is 16.2. The van der Waals surface area contributed by atoms with Crippen LogP contribution in [0.5, 0.6) is 0 Å². The quantitative estimate of drug-likeness (QED) is 0.439. The summed E-state index contributed by atoms with van der Waals surface area (Å²) >= 11 is 0.